The van der Waals surface area contributed by atoms with Gasteiger partial charge in [-0.15, -0.1) is 0 Å². The van der Waals surface area contributed by atoms with Crippen LogP contribution in [0.15, 0.2) is 48.5 Å². The first-order valence-corrected chi connectivity index (χ1v) is 6.81. The van der Waals surface area contributed by atoms with E-state index in [-0.39, 0.29) is 5.69 Å². The van der Waals surface area contributed by atoms with Gasteiger partial charge in [-0.3, -0.25) is 14.8 Å². The van der Waals surface area contributed by atoms with Crippen molar-refractivity contribution in [3.8, 4) is 22.4 Å². The minimum Gasteiger partial charge on any atom is -0.383 e. The number of nitrogens with two attached hydrogens (primary N) is 1. The summed E-state index contributed by atoms with van der Waals surface area (Å²) in [5, 5.41) is 15.1. The minimum absolute atomic E-state index is 0.0244. The van der Waals surface area contributed by atoms with Gasteiger partial charge in [0.1, 0.15) is 17.3 Å². The zero-order valence-corrected chi connectivity index (χ0v) is 12.2. The van der Waals surface area contributed by atoms with E-state index in [1.807, 2.05) is 0 Å². The second-order valence-corrected chi connectivity index (χ2v) is 5.02. The highest BCUT2D eigenvalue weighted by molar-refractivity contribution is 5.88. The number of nitrogen functional groups attached to an aromatic ring is 1. The molecule has 0 saturated heterocycles. The molecule has 0 bridgehead atoms. The predicted octanol–water partition coefficient (Wildman–Crippen LogP) is 3.38. The van der Waals surface area contributed by atoms with Gasteiger partial charge in [-0.1, -0.05) is 12.1 Å². The van der Waals surface area contributed by atoms with Crippen molar-refractivity contribution in [3.63, 3.8) is 0 Å². The summed E-state index contributed by atoms with van der Waals surface area (Å²) in [5.41, 5.74) is 7.95. The zero-order chi connectivity index (χ0) is 16.6. The Morgan fingerprint density at radius 3 is 2.43 bits per heavy atom. The highest BCUT2D eigenvalue weighted by atomic mass is 19.1. The number of nitrogens with zero attached hydrogens (tertiary/aromatic N) is 3. The van der Waals surface area contributed by atoms with Crippen molar-refractivity contribution in [2.24, 2.45) is 7.05 Å². The molecule has 2 N–H and O–H groups in total. The lowest BCUT2D eigenvalue weighted by Crippen LogP contribution is -1.98. The molecule has 0 aliphatic heterocycles. The van der Waals surface area contributed by atoms with Gasteiger partial charge in [0.25, 0.3) is 5.69 Å². The van der Waals surface area contributed by atoms with Crippen molar-refractivity contribution in [1.82, 2.24) is 9.78 Å². The second kappa shape index (κ2) is 5.53. The minimum atomic E-state index is -0.478. The first kappa shape index (κ1) is 14.7. The van der Waals surface area contributed by atoms with Crippen molar-refractivity contribution in [1.29, 1.82) is 0 Å². The Hall–Kier alpha value is -3.22. The lowest BCUT2D eigenvalue weighted by molar-refractivity contribution is -0.384. The van der Waals surface area contributed by atoms with Crippen LogP contribution in [0.3, 0.4) is 0 Å². The Labute approximate surface area is 131 Å². The van der Waals surface area contributed by atoms with E-state index < -0.39 is 10.7 Å². The molecule has 0 unspecified atom stereocenters. The number of aryl methyl sites for hydroxylation is 1. The highest BCUT2D eigenvalue weighted by Gasteiger charge is 2.20. The van der Waals surface area contributed by atoms with Gasteiger partial charge in [0.2, 0.25) is 0 Å². The summed E-state index contributed by atoms with van der Waals surface area (Å²) >= 11 is 0. The molecule has 3 rings (SSSR count). The van der Waals surface area contributed by atoms with Gasteiger partial charge in [-0.05, 0) is 29.8 Å². The van der Waals surface area contributed by atoms with Crippen LogP contribution in [0.5, 0.6) is 0 Å². The third-order valence-electron chi connectivity index (χ3n) is 3.59. The summed E-state index contributed by atoms with van der Waals surface area (Å²) in [4.78, 5) is 10.3. The Morgan fingerprint density at radius 1 is 1.17 bits per heavy atom. The van der Waals surface area contributed by atoms with Crippen LogP contribution < -0.4 is 5.73 Å². The first-order valence-electron chi connectivity index (χ1n) is 6.81. The summed E-state index contributed by atoms with van der Waals surface area (Å²) in [6.45, 7) is 0. The van der Waals surface area contributed by atoms with E-state index >= 15 is 0 Å². The monoisotopic (exact) mass is 312 g/mol. The van der Waals surface area contributed by atoms with Crippen LogP contribution in [-0.4, -0.2) is 14.7 Å². The second-order valence-electron chi connectivity index (χ2n) is 5.02. The summed E-state index contributed by atoms with van der Waals surface area (Å²) in [6.07, 6.45) is 0. The summed E-state index contributed by atoms with van der Waals surface area (Å²) in [6, 6.07) is 12.2. The van der Waals surface area contributed by atoms with Gasteiger partial charge in [0, 0.05) is 24.7 Å². The highest BCUT2D eigenvalue weighted by Crippen LogP contribution is 2.37. The van der Waals surface area contributed by atoms with Crippen LogP contribution in [0.4, 0.5) is 15.9 Å². The van der Waals surface area contributed by atoms with E-state index in [0.29, 0.717) is 28.2 Å². The largest absolute Gasteiger partial charge is 0.383 e. The Morgan fingerprint density at radius 2 is 1.83 bits per heavy atom. The molecular weight excluding hydrogens is 299 g/mol. The first-order chi connectivity index (χ1) is 11.0. The topological polar surface area (TPSA) is 87.0 Å². The standard InChI is InChI=1S/C16H13FN4O2/c1-20-16(18)14(10-6-8-11(9-7-10)21(22)23)15(19-20)12-4-2-3-5-13(12)17/h2-9H,18H2,1H3. The number of benzene rings is 2. The lowest BCUT2D eigenvalue weighted by atomic mass is 10.0. The van der Waals surface area contributed by atoms with Gasteiger partial charge in [0.05, 0.1) is 10.5 Å². The van der Waals surface area contributed by atoms with Crippen LogP contribution >= 0.6 is 0 Å². The number of rotatable bonds is 3. The molecule has 1 aromatic heterocycles. The number of nitro groups is 1. The summed E-state index contributed by atoms with van der Waals surface area (Å²) in [7, 11) is 1.66. The van der Waals surface area contributed by atoms with E-state index in [9.17, 15) is 14.5 Å². The molecule has 2 aromatic carbocycles. The number of anilines is 1. The fourth-order valence-corrected chi connectivity index (χ4v) is 2.41. The maximum atomic E-state index is 14.1. The van der Waals surface area contributed by atoms with Gasteiger partial charge in [-0.25, -0.2) is 4.39 Å². The van der Waals surface area contributed by atoms with Gasteiger partial charge in [-0.2, -0.15) is 5.10 Å². The smallest absolute Gasteiger partial charge is 0.269 e. The van der Waals surface area contributed by atoms with E-state index in [4.69, 9.17) is 5.73 Å². The molecule has 6 nitrogen and oxygen atoms in total. The van der Waals surface area contributed by atoms with E-state index in [1.165, 1.54) is 22.9 Å². The van der Waals surface area contributed by atoms with Gasteiger partial charge < -0.3 is 5.73 Å². The Bertz CT molecular complexity index is 888. The van der Waals surface area contributed by atoms with E-state index in [0.717, 1.165) is 0 Å². The average molecular weight is 312 g/mol. The molecule has 1 heterocycles. The fraction of sp³-hybridized carbons (Fsp3) is 0.0625. The number of hydrogen-bond donors (Lipinski definition) is 1. The maximum absolute atomic E-state index is 14.1. The zero-order valence-electron chi connectivity index (χ0n) is 12.2. The summed E-state index contributed by atoms with van der Waals surface area (Å²) < 4.78 is 15.6. The molecule has 0 aliphatic rings. The van der Waals surface area contributed by atoms with E-state index in [1.54, 1.807) is 37.4 Å². The number of aromatic nitrogens is 2. The molecule has 0 spiro atoms. The van der Waals surface area contributed by atoms with Crippen LogP contribution in [-0.2, 0) is 7.05 Å². The van der Waals surface area contributed by atoms with Crippen LogP contribution in [0, 0.1) is 15.9 Å². The SMILES string of the molecule is Cn1nc(-c2ccccc2F)c(-c2ccc([N+](=O)[O-])cc2)c1N. The van der Waals surface area contributed by atoms with Crippen molar-refractivity contribution in [2.45, 2.75) is 0 Å². The Kier molecular flexibility index (Phi) is 3.53. The molecule has 0 aliphatic carbocycles. The van der Waals surface area contributed by atoms with Crippen molar-refractivity contribution in [2.75, 3.05) is 5.73 Å². The van der Waals surface area contributed by atoms with Crippen LogP contribution in [0.25, 0.3) is 22.4 Å². The summed E-state index contributed by atoms with van der Waals surface area (Å²) in [5.74, 6) is -0.0501. The maximum Gasteiger partial charge on any atom is 0.269 e. The van der Waals surface area contributed by atoms with E-state index in [2.05, 4.69) is 5.10 Å². The van der Waals surface area contributed by atoms with Crippen LogP contribution in [0.1, 0.15) is 0 Å². The molecule has 0 saturated carbocycles. The molecule has 0 amide bonds. The van der Waals surface area contributed by atoms with Crippen molar-refractivity contribution >= 4 is 11.5 Å². The number of halogens is 1. The van der Waals surface area contributed by atoms with Gasteiger partial charge in [0.15, 0.2) is 0 Å². The Balaban J connectivity index is 2.20. The molecule has 0 radical (unpaired) electrons. The third-order valence-corrected chi connectivity index (χ3v) is 3.59. The predicted molar refractivity (Wildman–Crippen MR) is 85.1 cm³/mol. The normalized spacial score (nSPS) is 10.7. The molecule has 116 valence electrons. The third kappa shape index (κ3) is 2.52. The molecule has 0 atom stereocenters. The van der Waals surface area contributed by atoms with Crippen molar-refractivity contribution < 1.29 is 9.31 Å². The molecule has 0 fully saturated rings. The number of hydrogen-bond acceptors (Lipinski definition) is 4. The lowest BCUT2D eigenvalue weighted by Gasteiger charge is -2.05. The number of nitro benzene ring substituents is 1. The van der Waals surface area contributed by atoms with Gasteiger partial charge >= 0.3 is 0 Å². The molecular formula is C16H13FN4O2. The fourth-order valence-electron chi connectivity index (χ4n) is 2.41. The molecule has 7 heteroatoms. The molecule has 3 aromatic rings. The number of non-ortho nitro benzene ring substituents is 1. The van der Waals surface area contributed by atoms with Crippen molar-refractivity contribution in [3.05, 3.63) is 64.5 Å². The van der Waals surface area contributed by atoms with Crippen LogP contribution in [0.2, 0.25) is 0 Å². The average Bonchev–Trinajstić information content (AvgIpc) is 2.83. The molecule has 23 heavy (non-hydrogen) atoms. The quantitative estimate of drug-likeness (QED) is 0.593.